The molecule has 1 amide bonds. The van der Waals surface area contributed by atoms with Gasteiger partial charge in [0.05, 0.1) is 5.60 Å². The van der Waals surface area contributed by atoms with E-state index >= 15 is 0 Å². The number of rotatable bonds is 5. The quantitative estimate of drug-likeness (QED) is 0.802. The summed E-state index contributed by atoms with van der Waals surface area (Å²) in [5, 5.41) is 14.1. The number of hydrogen-bond donors (Lipinski definition) is 2. The van der Waals surface area contributed by atoms with Crippen LogP contribution < -0.4 is 5.32 Å². The van der Waals surface area contributed by atoms with Gasteiger partial charge < -0.3 is 10.4 Å². The largest absolute Gasteiger partial charge is 0.389 e. The maximum atomic E-state index is 11.4. The van der Waals surface area contributed by atoms with E-state index in [1.165, 1.54) is 4.88 Å². The Bertz CT molecular complexity index is 301. The molecule has 0 radical (unpaired) electrons. The van der Waals surface area contributed by atoms with E-state index in [0.717, 1.165) is 6.42 Å². The summed E-state index contributed by atoms with van der Waals surface area (Å²) < 4.78 is 0. The topological polar surface area (TPSA) is 49.3 Å². The molecule has 1 aromatic rings. The highest BCUT2D eigenvalue weighted by Gasteiger charge is 2.13. The van der Waals surface area contributed by atoms with Gasteiger partial charge in [-0.05, 0) is 31.7 Å². The fourth-order valence-corrected chi connectivity index (χ4v) is 1.80. The smallest absolute Gasteiger partial charge is 0.220 e. The van der Waals surface area contributed by atoms with Crippen molar-refractivity contribution in [3.05, 3.63) is 22.4 Å². The molecular formula is C11H17NO2S. The van der Waals surface area contributed by atoms with Crippen molar-refractivity contribution < 1.29 is 9.90 Å². The third kappa shape index (κ3) is 5.54. The van der Waals surface area contributed by atoms with Gasteiger partial charge in [0.25, 0.3) is 0 Å². The first-order chi connectivity index (χ1) is 6.97. The van der Waals surface area contributed by atoms with Gasteiger partial charge in [-0.15, -0.1) is 11.3 Å². The Hall–Kier alpha value is -0.870. The highest BCUT2D eigenvalue weighted by Crippen LogP contribution is 2.10. The van der Waals surface area contributed by atoms with E-state index in [1.54, 1.807) is 25.2 Å². The van der Waals surface area contributed by atoms with Crippen LogP contribution in [0.4, 0.5) is 0 Å². The molecule has 0 bridgehead atoms. The van der Waals surface area contributed by atoms with Gasteiger partial charge in [0.2, 0.25) is 5.91 Å². The lowest BCUT2D eigenvalue weighted by Crippen LogP contribution is -2.38. The van der Waals surface area contributed by atoms with Gasteiger partial charge in [-0.25, -0.2) is 0 Å². The molecule has 1 aromatic heterocycles. The van der Waals surface area contributed by atoms with Crippen LogP contribution in [-0.2, 0) is 11.2 Å². The summed E-state index contributed by atoms with van der Waals surface area (Å²) in [5.41, 5.74) is -0.835. The standard InChI is InChI=1S/C11H17NO2S/c1-11(2,14)8-12-10(13)6-5-9-4-3-7-15-9/h3-4,7,14H,5-6,8H2,1-2H3,(H,12,13). The van der Waals surface area contributed by atoms with E-state index in [2.05, 4.69) is 5.32 Å². The van der Waals surface area contributed by atoms with Gasteiger partial charge >= 0.3 is 0 Å². The Kier molecular flexibility index (Phi) is 4.29. The molecule has 84 valence electrons. The molecule has 1 heterocycles. The fraction of sp³-hybridized carbons (Fsp3) is 0.545. The molecule has 0 aliphatic rings. The summed E-state index contributed by atoms with van der Waals surface area (Å²) in [4.78, 5) is 12.6. The molecule has 0 aromatic carbocycles. The van der Waals surface area contributed by atoms with E-state index in [-0.39, 0.29) is 5.91 Å². The molecule has 3 nitrogen and oxygen atoms in total. The number of nitrogens with one attached hydrogen (secondary N) is 1. The minimum absolute atomic E-state index is 0.00877. The Morgan fingerprint density at radius 1 is 1.60 bits per heavy atom. The molecular weight excluding hydrogens is 210 g/mol. The zero-order valence-electron chi connectivity index (χ0n) is 9.12. The maximum Gasteiger partial charge on any atom is 0.220 e. The van der Waals surface area contributed by atoms with Crippen molar-refractivity contribution >= 4 is 17.2 Å². The zero-order chi connectivity index (χ0) is 11.3. The molecule has 0 aliphatic heterocycles. The summed E-state index contributed by atoms with van der Waals surface area (Å²) in [6.07, 6.45) is 1.26. The van der Waals surface area contributed by atoms with E-state index in [9.17, 15) is 9.90 Å². The van der Waals surface area contributed by atoms with Crippen LogP contribution in [0.25, 0.3) is 0 Å². The second-order valence-electron chi connectivity index (χ2n) is 4.17. The lowest BCUT2D eigenvalue weighted by molar-refractivity contribution is -0.122. The molecule has 2 N–H and O–H groups in total. The Labute approximate surface area is 94.1 Å². The third-order valence-corrected chi connectivity index (χ3v) is 2.83. The fourth-order valence-electron chi connectivity index (χ4n) is 1.09. The van der Waals surface area contributed by atoms with Crippen LogP contribution in [0.5, 0.6) is 0 Å². The number of carbonyl (C=O) groups is 1. The summed E-state index contributed by atoms with van der Waals surface area (Å²) in [5.74, 6) is -0.00877. The molecule has 1 rings (SSSR count). The van der Waals surface area contributed by atoms with Crippen molar-refractivity contribution in [2.45, 2.75) is 32.3 Å². The molecule has 0 atom stereocenters. The van der Waals surface area contributed by atoms with Crippen LogP contribution in [0, 0.1) is 0 Å². The SMILES string of the molecule is CC(C)(O)CNC(=O)CCc1cccs1. The van der Waals surface area contributed by atoms with Crippen molar-refractivity contribution in [3.8, 4) is 0 Å². The molecule has 0 saturated carbocycles. The summed E-state index contributed by atoms with van der Waals surface area (Å²) in [6.45, 7) is 3.65. The lowest BCUT2D eigenvalue weighted by Gasteiger charge is -2.17. The first-order valence-corrected chi connectivity index (χ1v) is 5.87. The maximum absolute atomic E-state index is 11.4. The lowest BCUT2D eigenvalue weighted by atomic mass is 10.1. The summed E-state index contributed by atoms with van der Waals surface area (Å²) >= 11 is 1.66. The average molecular weight is 227 g/mol. The predicted octanol–water partition coefficient (Wildman–Crippen LogP) is 1.57. The van der Waals surface area contributed by atoms with E-state index in [4.69, 9.17) is 0 Å². The molecule has 0 aliphatic carbocycles. The number of thiophene rings is 1. The third-order valence-electron chi connectivity index (χ3n) is 1.90. The summed E-state index contributed by atoms with van der Waals surface area (Å²) in [6, 6.07) is 4.00. The van der Waals surface area contributed by atoms with Crippen LogP contribution in [0.3, 0.4) is 0 Å². The number of hydrogen-bond acceptors (Lipinski definition) is 3. The molecule has 0 spiro atoms. The number of aliphatic hydroxyl groups is 1. The van der Waals surface area contributed by atoms with Gasteiger partial charge in [-0.2, -0.15) is 0 Å². The van der Waals surface area contributed by atoms with Gasteiger partial charge in [0, 0.05) is 17.8 Å². The molecule has 0 saturated heterocycles. The van der Waals surface area contributed by atoms with Gasteiger partial charge in [-0.1, -0.05) is 6.07 Å². The average Bonchev–Trinajstić information content (AvgIpc) is 2.62. The monoisotopic (exact) mass is 227 g/mol. The van der Waals surface area contributed by atoms with E-state index < -0.39 is 5.60 Å². The van der Waals surface area contributed by atoms with Crippen molar-refractivity contribution in [2.24, 2.45) is 0 Å². The van der Waals surface area contributed by atoms with Crippen LogP contribution in [-0.4, -0.2) is 23.2 Å². The zero-order valence-corrected chi connectivity index (χ0v) is 9.93. The first kappa shape index (κ1) is 12.2. The van der Waals surface area contributed by atoms with E-state index in [0.29, 0.717) is 13.0 Å². The highest BCUT2D eigenvalue weighted by atomic mass is 32.1. The van der Waals surface area contributed by atoms with E-state index in [1.807, 2.05) is 17.5 Å². The Morgan fingerprint density at radius 3 is 2.87 bits per heavy atom. The van der Waals surface area contributed by atoms with Crippen LogP contribution in [0.1, 0.15) is 25.1 Å². The Balaban J connectivity index is 2.20. The second-order valence-corrected chi connectivity index (χ2v) is 5.20. The van der Waals surface area contributed by atoms with Crippen LogP contribution in [0.15, 0.2) is 17.5 Å². The summed E-state index contributed by atoms with van der Waals surface area (Å²) in [7, 11) is 0. The number of amides is 1. The van der Waals surface area contributed by atoms with Crippen LogP contribution >= 0.6 is 11.3 Å². The molecule has 0 unspecified atom stereocenters. The van der Waals surface area contributed by atoms with Crippen LogP contribution in [0.2, 0.25) is 0 Å². The van der Waals surface area contributed by atoms with Crippen molar-refractivity contribution in [1.29, 1.82) is 0 Å². The Morgan fingerprint density at radius 2 is 2.33 bits per heavy atom. The predicted molar refractivity (Wildman–Crippen MR) is 61.9 cm³/mol. The van der Waals surface area contributed by atoms with Gasteiger partial charge in [0.15, 0.2) is 0 Å². The molecule has 4 heteroatoms. The minimum Gasteiger partial charge on any atom is -0.389 e. The van der Waals surface area contributed by atoms with Crippen molar-refractivity contribution in [3.63, 3.8) is 0 Å². The van der Waals surface area contributed by atoms with Gasteiger partial charge in [-0.3, -0.25) is 4.79 Å². The second kappa shape index (κ2) is 5.28. The van der Waals surface area contributed by atoms with Crippen molar-refractivity contribution in [1.82, 2.24) is 5.32 Å². The normalized spacial score (nSPS) is 11.4. The molecule has 0 fully saturated rings. The molecule has 15 heavy (non-hydrogen) atoms. The number of carbonyl (C=O) groups excluding carboxylic acids is 1. The first-order valence-electron chi connectivity index (χ1n) is 4.99. The highest BCUT2D eigenvalue weighted by molar-refractivity contribution is 7.09. The van der Waals surface area contributed by atoms with Crippen molar-refractivity contribution in [2.75, 3.05) is 6.54 Å². The number of aryl methyl sites for hydroxylation is 1. The minimum atomic E-state index is -0.835. The van der Waals surface area contributed by atoms with Gasteiger partial charge in [0.1, 0.15) is 0 Å².